The molecule has 0 aromatic carbocycles. The van der Waals surface area contributed by atoms with Crippen molar-refractivity contribution in [3.05, 3.63) is 47.4 Å². The second-order valence-corrected chi connectivity index (χ2v) is 4.05. The molecular weight excluding hydrogens is 210 g/mol. The van der Waals surface area contributed by atoms with Gasteiger partial charge >= 0.3 is 0 Å². The van der Waals surface area contributed by atoms with Crippen LogP contribution in [0.3, 0.4) is 0 Å². The predicted molar refractivity (Wildman–Crippen MR) is 71.3 cm³/mol. The Balaban J connectivity index is 0.00000120. The molecule has 0 radical (unpaired) electrons. The summed E-state index contributed by atoms with van der Waals surface area (Å²) >= 11 is 0. The summed E-state index contributed by atoms with van der Waals surface area (Å²) in [5.74, 6) is 0. The molecule has 3 heteroatoms. The van der Waals surface area contributed by atoms with Crippen molar-refractivity contribution >= 4 is 23.5 Å². The zero-order valence-corrected chi connectivity index (χ0v) is 9.43. The molecule has 2 aromatic rings. The summed E-state index contributed by atoms with van der Waals surface area (Å²) in [6.07, 6.45) is 12.0. The van der Waals surface area contributed by atoms with Crippen LogP contribution in [-0.4, -0.2) is 9.97 Å². The van der Waals surface area contributed by atoms with E-state index in [1.54, 1.807) is 12.4 Å². The summed E-state index contributed by atoms with van der Waals surface area (Å²) < 4.78 is 0. The van der Waals surface area contributed by atoms with Crippen molar-refractivity contribution in [1.29, 1.82) is 0 Å². The molecule has 0 saturated heterocycles. The fourth-order valence-electron chi connectivity index (χ4n) is 1.96. The quantitative estimate of drug-likeness (QED) is 0.847. The first-order valence-electron chi connectivity index (χ1n) is 5.75. The minimum atomic E-state index is 0. The van der Waals surface area contributed by atoms with E-state index in [-0.39, 0.29) is 1.43 Å². The highest BCUT2D eigenvalue weighted by Crippen LogP contribution is 2.11. The molecule has 2 heterocycles. The molecule has 0 spiro atoms. The Bertz CT molecular complexity index is 638. The largest absolute Gasteiger partial charge is 0.353 e. The first-order valence-corrected chi connectivity index (χ1v) is 5.75. The number of rotatable bonds is 2. The van der Waals surface area contributed by atoms with E-state index in [1.807, 2.05) is 18.3 Å². The number of anilines is 2. The van der Waals surface area contributed by atoms with Crippen LogP contribution in [-0.2, 0) is 0 Å². The van der Waals surface area contributed by atoms with E-state index in [0.717, 1.165) is 29.6 Å². The topological polar surface area (TPSA) is 37.8 Å². The summed E-state index contributed by atoms with van der Waals surface area (Å²) in [6, 6.07) is 6.03. The van der Waals surface area contributed by atoms with E-state index in [1.165, 1.54) is 5.22 Å². The second kappa shape index (κ2) is 4.37. The molecule has 1 aliphatic carbocycles. The molecule has 0 saturated carbocycles. The van der Waals surface area contributed by atoms with Gasteiger partial charge < -0.3 is 5.32 Å². The standard InChI is InChI=1S/C14H13N3.H2/c1-2-6-14-11(4-1)8-13(10-16-14)17-12-5-3-7-15-9-12;/h3-10,17H,1-2H2;1H. The number of fused-ring (bicyclic) bond motifs is 1. The lowest BCUT2D eigenvalue weighted by atomic mass is 10.1. The molecule has 0 atom stereocenters. The van der Waals surface area contributed by atoms with Gasteiger partial charge in [0.1, 0.15) is 0 Å². The molecule has 1 N–H and O–H groups in total. The van der Waals surface area contributed by atoms with E-state index in [2.05, 4.69) is 33.5 Å². The molecule has 0 unspecified atom stereocenters. The third-order valence-electron chi connectivity index (χ3n) is 2.77. The maximum absolute atomic E-state index is 4.45. The molecule has 86 valence electrons. The Kier molecular flexibility index (Phi) is 2.58. The van der Waals surface area contributed by atoms with E-state index < -0.39 is 0 Å². The molecule has 3 rings (SSSR count). The minimum absolute atomic E-state index is 0. The van der Waals surface area contributed by atoms with Gasteiger partial charge in [-0.1, -0.05) is 12.2 Å². The summed E-state index contributed by atoms with van der Waals surface area (Å²) in [5, 5.41) is 5.60. The van der Waals surface area contributed by atoms with Crippen LogP contribution >= 0.6 is 0 Å². The van der Waals surface area contributed by atoms with Crippen molar-refractivity contribution in [3.8, 4) is 0 Å². The smallest absolute Gasteiger partial charge is 0.0660 e. The van der Waals surface area contributed by atoms with Crippen molar-refractivity contribution in [2.45, 2.75) is 12.8 Å². The van der Waals surface area contributed by atoms with Crippen LogP contribution in [0.25, 0.3) is 12.2 Å². The average molecular weight is 225 g/mol. The Morgan fingerprint density at radius 1 is 1.12 bits per heavy atom. The predicted octanol–water partition coefficient (Wildman–Crippen LogP) is 1.82. The van der Waals surface area contributed by atoms with E-state index >= 15 is 0 Å². The highest BCUT2D eigenvalue weighted by Gasteiger charge is 1.98. The number of pyridine rings is 2. The zero-order chi connectivity index (χ0) is 11.5. The molecule has 2 aromatic heterocycles. The summed E-state index contributed by atoms with van der Waals surface area (Å²) in [6.45, 7) is 0. The summed E-state index contributed by atoms with van der Waals surface area (Å²) in [4.78, 5) is 8.52. The van der Waals surface area contributed by atoms with Crippen molar-refractivity contribution in [3.63, 3.8) is 0 Å². The summed E-state index contributed by atoms with van der Waals surface area (Å²) in [7, 11) is 0. The molecular formula is C14H15N3. The van der Waals surface area contributed by atoms with Crippen LogP contribution < -0.4 is 15.9 Å². The molecule has 17 heavy (non-hydrogen) atoms. The van der Waals surface area contributed by atoms with Crippen LogP contribution in [0.15, 0.2) is 36.8 Å². The van der Waals surface area contributed by atoms with Gasteiger partial charge in [-0.25, -0.2) is 0 Å². The van der Waals surface area contributed by atoms with Crippen molar-refractivity contribution in [1.82, 2.24) is 9.97 Å². The number of nitrogens with one attached hydrogen (secondary N) is 1. The number of aromatic nitrogens is 2. The average Bonchev–Trinajstić information content (AvgIpc) is 2.40. The van der Waals surface area contributed by atoms with Crippen molar-refractivity contribution in [2.75, 3.05) is 5.32 Å². The fourth-order valence-corrected chi connectivity index (χ4v) is 1.96. The Morgan fingerprint density at radius 3 is 2.94 bits per heavy atom. The van der Waals surface area contributed by atoms with E-state index in [0.29, 0.717) is 0 Å². The molecule has 0 bridgehead atoms. The summed E-state index contributed by atoms with van der Waals surface area (Å²) in [5.41, 5.74) is 1.98. The third kappa shape index (κ3) is 2.18. The second-order valence-electron chi connectivity index (χ2n) is 4.05. The maximum Gasteiger partial charge on any atom is 0.0660 e. The SMILES string of the molecule is C1=c2cc(Nc3cccnc3)cnc2=CCC1.[HH]. The van der Waals surface area contributed by atoms with Gasteiger partial charge in [0.05, 0.1) is 29.1 Å². The number of hydrogen-bond acceptors (Lipinski definition) is 3. The molecule has 3 nitrogen and oxygen atoms in total. The number of nitrogens with zero attached hydrogens (tertiary/aromatic N) is 2. The molecule has 0 aliphatic heterocycles. The monoisotopic (exact) mass is 225 g/mol. The first-order chi connectivity index (χ1) is 8.42. The van der Waals surface area contributed by atoms with Crippen LogP contribution in [0.4, 0.5) is 11.4 Å². The van der Waals surface area contributed by atoms with Crippen LogP contribution in [0, 0.1) is 0 Å². The van der Waals surface area contributed by atoms with Gasteiger partial charge in [0.15, 0.2) is 0 Å². The lowest BCUT2D eigenvalue weighted by molar-refractivity contribution is 1.08. The lowest BCUT2D eigenvalue weighted by Gasteiger charge is -2.06. The van der Waals surface area contributed by atoms with E-state index in [9.17, 15) is 0 Å². The zero-order valence-electron chi connectivity index (χ0n) is 9.43. The van der Waals surface area contributed by atoms with Gasteiger partial charge in [-0.3, -0.25) is 9.97 Å². The highest BCUT2D eigenvalue weighted by molar-refractivity contribution is 5.58. The van der Waals surface area contributed by atoms with Gasteiger partial charge in [-0.15, -0.1) is 0 Å². The minimum Gasteiger partial charge on any atom is -0.353 e. The first kappa shape index (κ1) is 10.0. The molecule has 1 aliphatic rings. The van der Waals surface area contributed by atoms with E-state index in [4.69, 9.17) is 0 Å². The van der Waals surface area contributed by atoms with Crippen molar-refractivity contribution < 1.29 is 1.43 Å². The highest BCUT2D eigenvalue weighted by atomic mass is 14.9. The fraction of sp³-hybridized carbons (Fsp3) is 0.143. The van der Waals surface area contributed by atoms with Crippen LogP contribution in [0.2, 0.25) is 0 Å². The molecule has 0 amide bonds. The Morgan fingerprint density at radius 2 is 2.06 bits per heavy atom. The lowest BCUT2D eigenvalue weighted by Crippen LogP contribution is -2.29. The van der Waals surface area contributed by atoms with Gasteiger partial charge in [-0.2, -0.15) is 0 Å². The van der Waals surface area contributed by atoms with Crippen LogP contribution in [0.5, 0.6) is 0 Å². The Labute approximate surface area is 101 Å². The number of hydrogen-bond donors (Lipinski definition) is 1. The Hall–Kier alpha value is -2.16. The van der Waals surface area contributed by atoms with Gasteiger partial charge in [0, 0.05) is 7.62 Å². The van der Waals surface area contributed by atoms with Gasteiger partial charge in [-0.05, 0) is 36.3 Å². The van der Waals surface area contributed by atoms with Crippen molar-refractivity contribution in [2.24, 2.45) is 0 Å². The van der Waals surface area contributed by atoms with Gasteiger partial charge in [0.2, 0.25) is 0 Å². The molecule has 0 fully saturated rings. The van der Waals surface area contributed by atoms with Crippen LogP contribution in [0.1, 0.15) is 14.3 Å². The maximum atomic E-state index is 4.45. The third-order valence-corrected chi connectivity index (χ3v) is 2.77. The van der Waals surface area contributed by atoms with Gasteiger partial charge in [0.25, 0.3) is 0 Å². The normalized spacial score (nSPS) is 13.2.